The molecule has 0 fully saturated rings. The molecule has 0 amide bonds. The Bertz CT molecular complexity index is 1270. The summed E-state index contributed by atoms with van der Waals surface area (Å²) in [5.74, 6) is 2.02. The van der Waals surface area contributed by atoms with Crippen molar-refractivity contribution in [3.8, 4) is 0 Å². The molecule has 0 aliphatic heterocycles. The van der Waals surface area contributed by atoms with E-state index in [0.717, 1.165) is 12.0 Å². The average molecular weight is 559 g/mol. The molecule has 0 saturated carbocycles. The SMILES string of the molecule is C=C/C(=C\C=C(C)C)OCC(COC1=CC=C=C(C(=O)C(C)(C)CC)C=C1)OC1=CC=C(C(=O)C(C)(C)C)C=CC1. The molecule has 220 valence electrons. The second-order valence-electron chi connectivity index (χ2n) is 12.0. The lowest BCUT2D eigenvalue weighted by atomic mass is 9.82. The Labute approximate surface area is 246 Å². The summed E-state index contributed by atoms with van der Waals surface area (Å²) in [6, 6.07) is 0. The molecule has 0 aromatic carbocycles. The van der Waals surface area contributed by atoms with Crippen LogP contribution in [0.5, 0.6) is 0 Å². The zero-order valence-electron chi connectivity index (χ0n) is 26.0. The highest BCUT2D eigenvalue weighted by Gasteiger charge is 2.27. The normalized spacial score (nSPS) is 16.2. The Morgan fingerprint density at radius 1 is 1.00 bits per heavy atom. The van der Waals surface area contributed by atoms with E-state index in [9.17, 15) is 9.59 Å². The Hall–Kier alpha value is -3.82. The van der Waals surface area contributed by atoms with Gasteiger partial charge in [-0.2, -0.15) is 0 Å². The molecule has 2 aliphatic carbocycles. The van der Waals surface area contributed by atoms with Gasteiger partial charge >= 0.3 is 0 Å². The minimum atomic E-state index is -0.474. The Balaban J connectivity index is 2.20. The number of carbonyl (C=O) groups is 2. The van der Waals surface area contributed by atoms with Gasteiger partial charge in [0.2, 0.25) is 0 Å². The van der Waals surface area contributed by atoms with Crippen molar-refractivity contribution in [1.82, 2.24) is 0 Å². The van der Waals surface area contributed by atoms with E-state index in [2.05, 4.69) is 12.3 Å². The molecule has 5 nitrogen and oxygen atoms in total. The van der Waals surface area contributed by atoms with Crippen molar-refractivity contribution in [2.24, 2.45) is 10.8 Å². The number of hydrogen-bond donors (Lipinski definition) is 0. The summed E-state index contributed by atoms with van der Waals surface area (Å²) in [6.45, 7) is 19.9. The van der Waals surface area contributed by atoms with Gasteiger partial charge in [0.15, 0.2) is 17.7 Å². The van der Waals surface area contributed by atoms with E-state index in [0.29, 0.717) is 34.8 Å². The lowest BCUT2D eigenvalue weighted by Gasteiger charge is -2.22. The zero-order chi connectivity index (χ0) is 30.6. The van der Waals surface area contributed by atoms with Crippen molar-refractivity contribution in [2.45, 2.75) is 74.3 Å². The van der Waals surface area contributed by atoms with Gasteiger partial charge in [-0.05, 0) is 68.9 Å². The molecule has 0 aromatic heterocycles. The average Bonchev–Trinajstić information content (AvgIpc) is 3.30. The molecule has 0 N–H and O–H groups in total. The monoisotopic (exact) mass is 558 g/mol. The molecule has 0 spiro atoms. The lowest BCUT2D eigenvalue weighted by molar-refractivity contribution is -0.123. The summed E-state index contributed by atoms with van der Waals surface area (Å²) in [5, 5.41) is 0. The van der Waals surface area contributed by atoms with E-state index in [-0.39, 0.29) is 24.8 Å². The third kappa shape index (κ3) is 10.9. The van der Waals surface area contributed by atoms with Gasteiger partial charge in [-0.15, -0.1) is 5.73 Å². The molecule has 5 heteroatoms. The van der Waals surface area contributed by atoms with Crippen LogP contribution in [0.15, 0.2) is 113 Å². The smallest absolute Gasteiger partial charge is 0.176 e. The van der Waals surface area contributed by atoms with Crippen LogP contribution in [-0.4, -0.2) is 30.9 Å². The molecule has 2 rings (SSSR count). The molecule has 0 bridgehead atoms. The van der Waals surface area contributed by atoms with Crippen molar-refractivity contribution >= 4 is 11.6 Å². The summed E-state index contributed by atoms with van der Waals surface area (Å²) < 4.78 is 18.5. The first-order valence-corrected chi connectivity index (χ1v) is 14.2. The number of ketones is 2. The van der Waals surface area contributed by atoms with E-state index in [1.165, 1.54) is 0 Å². The van der Waals surface area contributed by atoms with Crippen molar-refractivity contribution in [2.75, 3.05) is 13.2 Å². The molecule has 0 heterocycles. The summed E-state index contributed by atoms with van der Waals surface area (Å²) in [7, 11) is 0. The highest BCUT2D eigenvalue weighted by molar-refractivity contribution is 6.02. The van der Waals surface area contributed by atoms with Gasteiger partial charge < -0.3 is 14.2 Å². The first kappa shape index (κ1) is 33.4. The lowest BCUT2D eigenvalue weighted by Crippen LogP contribution is -2.25. The predicted octanol–water partition coefficient (Wildman–Crippen LogP) is 8.37. The standard InChI is InChI=1S/C36H46O5/c1-10-29(21-18-26(3)4)39-24-32(41-31-17-13-14-27(20-23-31)33(37)35(5,6)7)25-40-30-16-12-15-28(19-22-30)34(38)36(8,9)11-2/h10,12-14,16,18-23,32H,1,11,17,24-25H2,2-9H3/b29-21+. The summed E-state index contributed by atoms with van der Waals surface area (Å²) in [5.41, 5.74) is 4.44. The van der Waals surface area contributed by atoms with Crippen molar-refractivity contribution in [1.29, 1.82) is 0 Å². The molecule has 2 aliphatic rings. The Morgan fingerprint density at radius 3 is 2.37 bits per heavy atom. The van der Waals surface area contributed by atoms with Crippen LogP contribution in [0.1, 0.15) is 68.2 Å². The molecule has 1 unspecified atom stereocenters. The first-order valence-electron chi connectivity index (χ1n) is 14.2. The van der Waals surface area contributed by atoms with Crippen LogP contribution < -0.4 is 0 Å². The van der Waals surface area contributed by atoms with E-state index in [4.69, 9.17) is 14.2 Å². The summed E-state index contributed by atoms with van der Waals surface area (Å²) in [4.78, 5) is 25.7. The molecule has 0 aromatic rings. The predicted molar refractivity (Wildman–Crippen MR) is 167 cm³/mol. The van der Waals surface area contributed by atoms with Crippen LogP contribution in [0.3, 0.4) is 0 Å². The van der Waals surface area contributed by atoms with Crippen LogP contribution in [0.2, 0.25) is 0 Å². The quantitative estimate of drug-likeness (QED) is 0.122. The topological polar surface area (TPSA) is 61.8 Å². The van der Waals surface area contributed by atoms with Gasteiger partial charge in [0.05, 0.1) is 5.57 Å². The second kappa shape index (κ2) is 15.3. The van der Waals surface area contributed by atoms with E-state index in [1.807, 2.05) is 85.8 Å². The van der Waals surface area contributed by atoms with E-state index < -0.39 is 16.9 Å². The minimum Gasteiger partial charge on any atom is -0.490 e. The zero-order valence-corrected chi connectivity index (χ0v) is 26.0. The van der Waals surface area contributed by atoms with Gasteiger partial charge in [-0.3, -0.25) is 9.59 Å². The number of Topliss-reactive ketones (excluding diaryl/α,β-unsaturated/α-hetero) is 2. The summed E-state index contributed by atoms with van der Waals surface area (Å²) in [6.07, 6.45) is 20.7. The van der Waals surface area contributed by atoms with E-state index in [1.54, 1.807) is 36.5 Å². The fraction of sp³-hybridized carbons (Fsp3) is 0.417. The number of carbonyl (C=O) groups excluding carboxylic acids is 2. The van der Waals surface area contributed by atoms with Crippen LogP contribution in [0, 0.1) is 10.8 Å². The van der Waals surface area contributed by atoms with Gasteiger partial charge in [0.25, 0.3) is 0 Å². The molecule has 0 radical (unpaired) electrons. The number of ether oxygens (including phenoxy) is 3. The third-order valence-electron chi connectivity index (χ3n) is 6.62. The van der Waals surface area contributed by atoms with Crippen LogP contribution in [-0.2, 0) is 23.8 Å². The summed E-state index contributed by atoms with van der Waals surface area (Å²) >= 11 is 0. The maximum absolute atomic E-state index is 12.9. The fourth-order valence-corrected chi connectivity index (χ4v) is 3.66. The highest BCUT2D eigenvalue weighted by Crippen LogP contribution is 2.26. The maximum atomic E-state index is 12.9. The Morgan fingerprint density at radius 2 is 1.73 bits per heavy atom. The first-order chi connectivity index (χ1) is 19.3. The van der Waals surface area contributed by atoms with Gasteiger partial charge in [0.1, 0.15) is 30.5 Å². The minimum absolute atomic E-state index is 0.0441. The number of hydrogen-bond acceptors (Lipinski definition) is 5. The van der Waals surface area contributed by atoms with Gasteiger partial charge in [-0.1, -0.05) is 71.9 Å². The van der Waals surface area contributed by atoms with E-state index >= 15 is 0 Å². The highest BCUT2D eigenvalue weighted by atomic mass is 16.6. The number of allylic oxidation sites excluding steroid dienone is 13. The van der Waals surface area contributed by atoms with Crippen molar-refractivity contribution in [3.05, 3.63) is 113 Å². The molecular weight excluding hydrogens is 512 g/mol. The van der Waals surface area contributed by atoms with Gasteiger partial charge in [0, 0.05) is 22.8 Å². The van der Waals surface area contributed by atoms with Crippen LogP contribution >= 0.6 is 0 Å². The molecular formula is C36H46O5. The van der Waals surface area contributed by atoms with Crippen molar-refractivity contribution in [3.63, 3.8) is 0 Å². The van der Waals surface area contributed by atoms with Crippen LogP contribution in [0.25, 0.3) is 0 Å². The molecule has 41 heavy (non-hydrogen) atoms. The second-order valence-corrected chi connectivity index (χ2v) is 12.0. The number of rotatable bonds is 14. The third-order valence-corrected chi connectivity index (χ3v) is 6.62. The molecule has 0 saturated heterocycles. The van der Waals surface area contributed by atoms with Crippen LogP contribution in [0.4, 0.5) is 0 Å². The fourth-order valence-electron chi connectivity index (χ4n) is 3.66. The maximum Gasteiger partial charge on any atom is 0.176 e. The Kier molecular flexibility index (Phi) is 12.4. The van der Waals surface area contributed by atoms with Crippen molar-refractivity contribution < 1.29 is 23.8 Å². The van der Waals surface area contributed by atoms with Gasteiger partial charge in [-0.25, -0.2) is 0 Å². The molecule has 1 atom stereocenters. The largest absolute Gasteiger partial charge is 0.490 e.